The summed E-state index contributed by atoms with van der Waals surface area (Å²) in [5, 5.41) is 9.46. The quantitative estimate of drug-likeness (QED) is 0.736. The van der Waals surface area contributed by atoms with E-state index >= 15 is 0 Å². The standard InChI is InChI=1S/C20H21BrN2O4/c1-20(2,3)27-19(26)17-15(21)7-8-16(22-17)23-10-9-12-5-4-6-13(18(24)25)14(12)11-23/h4-8H,9-11H2,1-3H3,(H,24,25). The van der Waals surface area contributed by atoms with Crippen LogP contribution >= 0.6 is 15.9 Å². The fraction of sp³-hybridized carbons (Fsp3) is 0.350. The number of nitrogens with zero attached hydrogens (tertiary/aromatic N) is 2. The number of carbonyl (C=O) groups is 2. The summed E-state index contributed by atoms with van der Waals surface area (Å²) in [6.45, 7) is 6.53. The van der Waals surface area contributed by atoms with Crippen LogP contribution in [0.15, 0.2) is 34.8 Å². The van der Waals surface area contributed by atoms with Crippen molar-refractivity contribution in [1.82, 2.24) is 4.98 Å². The predicted octanol–water partition coefficient (Wildman–Crippen LogP) is 4.06. The predicted molar refractivity (Wildman–Crippen MR) is 105 cm³/mol. The number of anilines is 1. The van der Waals surface area contributed by atoms with Gasteiger partial charge in [-0.05, 0) is 72.4 Å². The maximum absolute atomic E-state index is 12.4. The number of fused-ring (bicyclic) bond motifs is 1. The van der Waals surface area contributed by atoms with Crippen LogP contribution in [0.1, 0.15) is 52.7 Å². The van der Waals surface area contributed by atoms with Crippen molar-refractivity contribution in [2.45, 2.75) is 39.3 Å². The van der Waals surface area contributed by atoms with E-state index in [9.17, 15) is 14.7 Å². The SMILES string of the molecule is CC(C)(C)OC(=O)c1nc(N2CCc3cccc(C(=O)O)c3C2)ccc1Br. The van der Waals surface area contributed by atoms with Crippen molar-refractivity contribution in [3.8, 4) is 0 Å². The van der Waals surface area contributed by atoms with Crippen LogP contribution in [0.4, 0.5) is 5.82 Å². The molecule has 142 valence electrons. The highest BCUT2D eigenvalue weighted by Crippen LogP contribution is 2.28. The van der Waals surface area contributed by atoms with Crippen LogP contribution in [0.5, 0.6) is 0 Å². The van der Waals surface area contributed by atoms with Gasteiger partial charge in [-0.1, -0.05) is 12.1 Å². The molecule has 7 heteroatoms. The molecule has 0 atom stereocenters. The summed E-state index contributed by atoms with van der Waals surface area (Å²) < 4.78 is 5.99. The van der Waals surface area contributed by atoms with Crippen LogP contribution in [-0.4, -0.2) is 34.2 Å². The first kappa shape index (κ1) is 19.4. The van der Waals surface area contributed by atoms with Crippen molar-refractivity contribution in [3.05, 3.63) is 57.2 Å². The monoisotopic (exact) mass is 432 g/mol. The Hall–Kier alpha value is -2.41. The normalized spacial score (nSPS) is 13.9. The molecule has 0 aliphatic carbocycles. The van der Waals surface area contributed by atoms with Crippen molar-refractivity contribution >= 4 is 33.7 Å². The highest BCUT2D eigenvalue weighted by atomic mass is 79.9. The molecule has 1 N–H and O–H groups in total. The molecule has 2 heterocycles. The number of pyridine rings is 1. The van der Waals surface area contributed by atoms with E-state index in [1.54, 1.807) is 39.0 Å². The van der Waals surface area contributed by atoms with Crippen LogP contribution in [0.2, 0.25) is 0 Å². The Morgan fingerprint density at radius 1 is 1.22 bits per heavy atom. The molecule has 0 saturated heterocycles. The molecule has 27 heavy (non-hydrogen) atoms. The number of carboxylic acid groups (broad SMARTS) is 1. The Labute approximate surface area is 166 Å². The Morgan fingerprint density at radius 2 is 1.96 bits per heavy atom. The zero-order chi connectivity index (χ0) is 19.8. The van der Waals surface area contributed by atoms with Crippen LogP contribution in [0, 0.1) is 0 Å². The number of carbonyl (C=O) groups excluding carboxylic acids is 1. The minimum absolute atomic E-state index is 0.208. The number of benzene rings is 1. The first-order valence-electron chi connectivity index (χ1n) is 8.64. The number of carboxylic acids is 1. The summed E-state index contributed by atoms with van der Waals surface area (Å²) in [4.78, 5) is 30.4. The Balaban J connectivity index is 1.91. The molecule has 1 aromatic heterocycles. The van der Waals surface area contributed by atoms with Gasteiger partial charge in [-0.25, -0.2) is 14.6 Å². The summed E-state index contributed by atoms with van der Waals surface area (Å²) in [5.74, 6) is -0.823. The Kier molecular flexibility index (Phi) is 5.24. The number of ether oxygens (including phenoxy) is 1. The van der Waals surface area contributed by atoms with Gasteiger partial charge in [0, 0.05) is 13.1 Å². The van der Waals surface area contributed by atoms with Crippen molar-refractivity contribution in [2.75, 3.05) is 11.4 Å². The maximum atomic E-state index is 12.4. The van der Waals surface area contributed by atoms with E-state index in [0.29, 0.717) is 28.9 Å². The number of rotatable bonds is 3. The summed E-state index contributed by atoms with van der Waals surface area (Å²) in [6.07, 6.45) is 0.718. The fourth-order valence-electron chi connectivity index (χ4n) is 3.05. The molecule has 1 aromatic carbocycles. The largest absolute Gasteiger partial charge is 0.478 e. The summed E-state index contributed by atoms with van der Waals surface area (Å²) >= 11 is 3.36. The lowest BCUT2D eigenvalue weighted by Crippen LogP contribution is -2.33. The number of hydrogen-bond donors (Lipinski definition) is 1. The van der Waals surface area contributed by atoms with Gasteiger partial charge in [0.25, 0.3) is 0 Å². The fourth-order valence-corrected chi connectivity index (χ4v) is 3.44. The first-order chi connectivity index (χ1) is 12.7. The van der Waals surface area contributed by atoms with Gasteiger partial charge in [-0.3, -0.25) is 0 Å². The molecule has 0 fully saturated rings. The smallest absolute Gasteiger partial charge is 0.358 e. The van der Waals surface area contributed by atoms with Crippen molar-refractivity contribution in [1.29, 1.82) is 0 Å². The van der Waals surface area contributed by atoms with E-state index < -0.39 is 17.5 Å². The van der Waals surface area contributed by atoms with Gasteiger partial charge in [-0.2, -0.15) is 0 Å². The zero-order valence-corrected chi connectivity index (χ0v) is 17.0. The molecular formula is C20H21BrN2O4. The second-order valence-corrected chi connectivity index (χ2v) is 8.28. The molecule has 2 aromatic rings. The number of halogens is 1. The van der Waals surface area contributed by atoms with Gasteiger partial charge in [0.1, 0.15) is 11.4 Å². The third-order valence-electron chi connectivity index (χ3n) is 4.25. The molecular weight excluding hydrogens is 412 g/mol. The van der Waals surface area contributed by atoms with Gasteiger partial charge < -0.3 is 14.7 Å². The minimum Gasteiger partial charge on any atom is -0.478 e. The Morgan fingerprint density at radius 3 is 2.63 bits per heavy atom. The number of hydrogen-bond acceptors (Lipinski definition) is 5. The third kappa shape index (κ3) is 4.30. The molecule has 1 aliphatic rings. The van der Waals surface area contributed by atoms with Crippen molar-refractivity contribution in [2.24, 2.45) is 0 Å². The second-order valence-electron chi connectivity index (χ2n) is 7.42. The van der Waals surface area contributed by atoms with Crippen LogP contribution < -0.4 is 4.90 Å². The van der Waals surface area contributed by atoms with Crippen LogP contribution in [0.25, 0.3) is 0 Å². The van der Waals surface area contributed by atoms with E-state index in [2.05, 4.69) is 20.9 Å². The molecule has 0 spiro atoms. The average Bonchev–Trinajstić information content (AvgIpc) is 2.59. The number of aromatic carboxylic acids is 1. The topological polar surface area (TPSA) is 79.7 Å². The summed E-state index contributed by atoms with van der Waals surface area (Å²) in [6, 6.07) is 8.93. The molecule has 0 saturated carbocycles. The second kappa shape index (κ2) is 7.31. The van der Waals surface area contributed by atoms with Crippen molar-refractivity contribution < 1.29 is 19.4 Å². The lowest BCUT2D eigenvalue weighted by atomic mass is 9.95. The van der Waals surface area contributed by atoms with E-state index in [4.69, 9.17) is 4.74 Å². The molecule has 0 unspecified atom stereocenters. The molecule has 0 radical (unpaired) electrons. The van der Waals surface area contributed by atoms with Crippen molar-refractivity contribution in [3.63, 3.8) is 0 Å². The first-order valence-corrected chi connectivity index (χ1v) is 9.44. The summed E-state index contributed by atoms with van der Waals surface area (Å²) in [5.41, 5.74) is 1.73. The van der Waals surface area contributed by atoms with E-state index in [1.165, 1.54) is 0 Å². The van der Waals surface area contributed by atoms with E-state index in [-0.39, 0.29) is 5.69 Å². The molecule has 1 aliphatic heterocycles. The summed E-state index contributed by atoms with van der Waals surface area (Å²) in [7, 11) is 0. The van der Waals surface area contributed by atoms with Gasteiger partial charge >= 0.3 is 11.9 Å². The maximum Gasteiger partial charge on any atom is 0.358 e. The molecule has 0 bridgehead atoms. The molecule has 3 rings (SSSR count). The van der Waals surface area contributed by atoms with Gasteiger partial charge in [0.2, 0.25) is 0 Å². The number of aromatic nitrogens is 1. The van der Waals surface area contributed by atoms with Gasteiger partial charge in [0.05, 0.1) is 10.0 Å². The zero-order valence-electron chi connectivity index (χ0n) is 15.5. The van der Waals surface area contributed by atoms with Gasteiger partial charge in [-0.15, -0.1) is 0 Å². The lowest BCUT2D eigenvalue weighted by molar-refractivity contribution is 0.00616. The lowest BCUT2D eigenvalue weighted by Gasteiger charge is -2.31. The van der Waals surface area contributed by atoms with Crippen LogP contribution in [-0.2, 0) is 17.7 Å². The average molecular weight is 433 g/mol. The molecule has 6 nitrogen and oxygen atoms in total. The third-order valence-corrected chi connectivity index (χ3v) is 4.89. The minimum atomic E-state index is -0.938. The van der Waals surface area contributed by atoms with Gasteiger partial charge in [0.15, 0.2) is 5.69 Å². The molecule has 0 amide bonds. The highest BCUT2D eigenvalue weighted by Gasteiger charge is 2.25. The number of esters is 1. The van der Waals surface area contributed by atoms with Crippen LogP contribution in [0.3, 0.4) is 0 Å². The Bertz CT molecular complexity index is 905. The van der Waals surface area contributed by atoms with E-state index in [1.807, 2.05) is 17.0 Å². The highest BCUT2D eigenvalue weighted by molar-refractivity contribution is 9.10. The van der Waals surface area contributed by atoms with E-state index in [0.717, 1.165) is 17.5 Å².